The number of non-ortho nitro benzene ring substituents is 1. The lowest BCUT2D eigenvalue weighted by Gasteiger charge is -2.03. The highest BCUT2D eigenvalue weighted by atomic mass is 19.3. The van der Waals surface area contributed by atoms with Crippen LogP contribution >= 0.6 is 0 Å². The molecule has 0 saturated carbocycles. The van der Waals surface area contributed by atoms with Gasteiger partial charge in [-0.2, -0.15) is 8.78 Å². The van der Waals surface area contributed by atoms with Gasteiger partial charge in [-0.05, 0) is 12.1 Å². The molecule has 0 aliphatic heterocycles. The largest absolute Gasteiger partial charge is 0.452 e. The highest BCUT2D eigenvalue weighted by molar-refractivity contribution is 6.07. The van der Waals surface area contributed by atoms with E-state index in [-0.39, 0.29) is 17.0 Å². The number of furan rings is 1. The first-order valence-corrected chi connectivity index (χ1v) is 5.61. The second-order valence-electron chi connectivity index (χ2n) is 4.05. The van der Waals surface area contributed by atoms with Crippen molar-refractivity contribution in [2.45, 2.75) is 6.61 Å². The molecule has 0 fully saturated rings. The molecule has 0 amide bonds. The number of para-hydroxylation sites is 1. The fourth-order valence-corrected chi connectivity index (χ4v) is 2.06. The van der Waals surface area contributed by atoms with Crippen molar-refractivity contribution < 1.29 is 22.9 Å². The highest BCUT2D eigenvalue weighted by Crippen LogP contribution is 2.36. The van der Waals surface area contributed by atoms with Gasteiger partial charge < -0.3 is 9.15 Å². The number of nitrogens with zero attached hydrogens (tertiary/aromatic N) is 1. The molecule has 0 spiro atoms. The van der Waals surface area contributed by atoms with Crippen molar-refractivity contribution in [1.29, 1.82) is 0 Å². The Bertz CT molecular complexity index is 813. The molecule has 0 unspecified atom stereocenters. The SMILES string of the molecule is O=[N+]([O-])c1ccc2oc3c(OC(F)F)cccc3c2c1. The van der Waals surface area contributed by atoms with E-state index in [4.69, 9.17) is 4.42 Å². The zero-order chi connectivity index (χ0) is 14.3. The van der Waals surface area contributed by atoms with Crippen LogP contribution in [0.3, 0.4) is 0 Å². The van der Waals surface area contributed by atoms with Gasteiger partial charge in [-0.15, -0.1) is 0 Å². The zero-order valence-electron chi connectivity index (χ0n) is 9.88. The second kappa shape index (κ2) is 4.44. The van der Waals surface area contributed by atoms with Gasteiger partial charge in [0.2, 0.25) is 0 Å². The number of nitro groups is 1. The normalized spacial score (nSPS) is 11.3. The van der Waals surface area contributed by atoms with E-state index in [9.17, 15) is 18.9 Å². The maximum Gasteiger partial charge on any atom is 0.387 e. The van der Waals surface area contributed by atoms with Crippen LogP contribution in [-0.4, -0.2) is 11.5 Å². The summed E-state index contributed by atoms with van der Waals surface area (Å²) in [7, 11) is 0. The Labute approximate surface area is 110 Å². The smallest absolute Gasteiger partial charge is 0.387 e. The number of fused-ring (bicyclic) bond motifs is 3. The standard InChI is InChI=1S/C13H7F2NO4/c14-13(15)20-11-3-1-2-8-9-6-7(16(17)18)4-5-10(9)19-12(8)11/h1-6,13H. The predicted molar refractivity (Wildman–Crippen MR) is 67.0 cm³/mol. The van der Waals surface area contributed by atoms with E-state index in [1.807, 2.05) is 0 Å². The lowest BCUT2D eigenvalue weighted by molar-refractivity contribution is -0.384. The first-order chi connectivity index (χ1) is 9.56. The van der Waals surface area contributed by atoms with Gasteiger partial charge >= 0.3 is 6.61 Å². The molecule has 0 bridgehead atoms. The summed E-state index contributed by atoms with van der Waals surface area (Å²) in [6.45, 7) is -2.97. The van der Waals surface area contributed by atoms with E-state index in [2.05, 4.69) is 4.74 Å². The minimum atomic E-state index is -2.97. The third kappa shape index (κ3) is 1.93. The van der Waals surface area contributed by atoms with Crippen LogP contribution in [0.1, 0.15) is 0 Å². The molecule has 0 saturated heterocycles. The van der Waals surface area contributed by atoms with Gasteiger partial charge in [-0.1, -0.05) is 12.1 Å². The van der Waals surface area contributed by atoms with Crippen molar-refractivity contribution in [2.75, 3.05) is 0 Å². The molecule has 0 N–H and O–H groups in total. The lowest BCUT2D eigenvalue weighted by Crippen LogP contribution is -2.01. The van der Waals surface area contributed by atoms with Crippen LogP contribution in [0, 0.1) is 10.1 Å². The molecule has 0 radical (unpaired) electrons. The number of hydrogen-bond donors (Lipinski definition) is 0. The first-order valence-electron chi connectivity index (χ1n) is 5.61. The molecule has 0 aliphatic rings. The Morgan fingerprint density at radius 1 is 1.20 bits per heavy atom. The van der Waals surface area contributed by atoms with Crippen molar-refractivity contribution >= 4 is 27.6 Å². The number of alkyl halides is 2. The predicted octanol–water partition coefficient (Wildman–Crippen LogP) is 4.10. The third-order valence-corrected chi connectivity index (χ3v) is 2.87. The van der Waals surface area contributed by atoms with Crippen LogP contribution in [0.2, 0.25) is 0 Å². The fourth-order valence-electron chi connectivity index (χ4n) is 2.06. The van der Waals surface area contributed by atoms with Crippen molar-refractivity contribution in [1.82, 2.24) is 0 Å². The van der Waals surface area contributed by atoms with Crippen molar-refractivity contribution in [3.8, 4) is 5.75 Å². The van der Waals surface area contributed by atoms with Crippen LogP contribution < -0.4 is 4.74 Å². The van der Waals surface area contributed by atoms with Gasteiger partial charge in [0.1, 0.15) is 5.58 Å². The maximum atomic E-state index is 12.3. The van der Waals surface area contributed by atoms with Crippen LogP contribution in [-0.2, 0) is 0 Å². The lowest BCUT2D eigenvalue weighted by atomic mass is 10.1. The van der Waals surface area contributed by atoms with E-state index < -0.39 is 11.5 Å². The van der Waals surface area contributed by atoms with Crippen LogP contribution in [0.4, 0.5) is 14.5 Å². The fraction of sp³-hybridized carbons (Fsp3) is 0.0769. The van der Waals surface area contributed by atoms with E-state index in [1.165, 1.54) is 30.3 Å². The van der Waals surface area contributed by atoms with Crippen LogP contribution in [0.15, 0.2) is 40.8 Å². The van der Waals surface area contributed by atoms with Gasteiger partial charge in [0.05, 0.1) is 4.92 Å². The molecule has 0 aliphatic carbocycles. The summed E-state index contributed by atoms with van der Waals surface area (Å²) in [6.07, 6.45) is 0. The zero-order valence-corrected chi connectivity index (χ0v) is 9.88. The summed E-state index contributed by atoms with van der Waals surface area (Å²) in [6, 6.07) is 8.56. The van der Waals surface area contributed by atoms with Crippen molar-refractivity contribution in [2.24, 2.45) is 0 Å². The van der Waals surface area contributed by atoms with Crippen molar-refractivity contribution in [3.63, 3.8) is 0 Å². The van der Waals surface area contributed by atoms with Gasteiger partial charge in [-0.3, -0.25) is 10.1 Å². The second-order valence-corrected chi connectivity index (χ2v) is 4.05. The third-order valence-electron chi connectivity index (χ3n) is 2.87. The van der Waals surface area contributed by atoms with Crippen LogP contribution in [0.25, 0.3) is 21.9 Å². The number of hydrogen-bond acceptors (Lipinski definition) is 4. The molecule has 102 valence electrons. The number of benzene rings is 2. The average Bonchev–Trinajstić information content (AvgIpc) is 2.77. The summed E-state index contributed by atoms with van der Waals surface area (Å²) in [4.78, 5) is 10.2. The topological polar surface area (TPSA) is 65.5 Å². The first kappa shape index (κ1) is 12.3. The molecule has 7 heteroatoms. The maximum absolute atomic E-state index is 12.3. The van der Waals surface area contributed by atoms with E-state index in [1.54, 1.807) is 6.07 Å². The minimum Gasteiger partial charge on any atom is -0.452 e. The van der Waals surface area contributed by atoms with Gasteiger partial charge in [0.15, 0.2) is 11.3 Å². The quantitative estimate of drug-likeness (QED) is 0.535. The Morgan fingerprint density at radius 3 is 2.70 bits per heavy atom. The monoisotopic (exact) mass is 279 g/mol. The summed E-state index contributed by atoms with van der Waals surface area (Å²) < 4.78 is 34.5. The summed E-state index contributed by atoms with van der Waals surface area (Å²) in [5, 5.41) is 11.7. The number of halogens is 2. The summed E-state index contributed by atoms with van der Waals surface area (Å²) in [5.41, 5.74) is 0.416. The molecule has 1 aromatic heterocycles. The molecule has 20 heavy (non-hydrogen) atoms. The molecule has 3 rings (SSSR count). The average molecular weight is 279 g/mol. The summed E-state index contributed by atoms with van der Waals surface area (Å²) in [5.74, 6) is -0.101. The van der Waals surface area contributed by atoms with E-state index in [0.717, 1.165) is 0 Å². The van der Waals surface area contributed by atoms with Crippen molar-refractivity contribution in [3.05, 3.63) is 46.5 Å². The molecule has 5 nitrogen and oxygen atoms in total. The Balaban J connectivity index is 2.28. The number of ether oxygens (including phenoxy) is 1. The minimum absolute atomic E-state index is 0.0969. The Hall–Kier alpha value is -2.70. The van der Waals surface area contributed by atoms with E-state index >= 15 is 0 Å². The molecule has 0 atom stereocenters. The van der Waals surface area contributed by atoms with Crippen LogP contribution in [0.5, 0.6) is 5.75 Å². The van der Waals surface area contributed by atoms with Gasteiger partial charge in [0.25, 0.3) is 5.69 Å². The molecule has 2 aromatic carbocycles. The molecular weight excluding hydrogens is 272 g/mol. The molecule has 3 aromatic rings. The molecule has 1 heterocycles. The van der Waals surface area contributed by atoms with E-state index in [0.29, 0.717) is 16.4 Å². The number of nitro benzene ring substituents is 1. The Kier molecular flexibility index (Phi) is 2.74. The van der Waals surface area contributed by atoms with Gasteiger partial charge in [0, 0.05) is 22.9 Å². The summed E-state index contributed by atoms with van der Waals surface area (Å²) >= 11 is 0. The molecular formula is C13H7F2NO4. The van der Waals surface area contributed by atoms with Gasteiger partial charge in [-0.25, -0.2) is 0 Å². The number of rotatable bonds is 3. The Morgan fingerprint density at radius 2 is 2.00 bits per heavy atom. The highest BCUT2D eigenvalue weighted by Gasteiger charge is 2.16.